The molecule has 0 fully saturated rings. The Balaban J connectivity index is 3.59. The number of esters is 2. The van der Waals surface area contributed by atoms with Gasteiger partial charge in [0.05, 0.1) is 14.2 Å². The van der Waals surface area contributed by atoms with Crippen LogP contribution in [0.15, 0.2) is 0 Å². The van der Waals surface area contributed by atoms with Crippen LogP contribution in [0.2, 0.25) is 0 Å². The Labute approximate surface area is 153 Å². The van der Waals surface area contributed by atoms with Crippen LogP contribution in [0.1, 0.15) is 39.5 Å². The van der Waals surface area contributed by atoms with Crippen LogP contribution in [0.25, 0.3) is 0 Å². The fourth-order valence-corrected chi connectivity index (χ4v) is 1.97. The SMILES string of the molecule is COC(=O)C(C)NC(=O)NCCCCCCNC(=O)NC(C)C(=O)OC. The molecule has 0 radical (unpaired) electrons. The van der Waals surface area contributed by atoms with Crippen LogP contribution in [0.5, 0.6) is 0 Å². The highest BCUT2D eigenvalue weighted by molar-refractivity contribution is 5.83. The maximum Gasteiger partial charge on any atom is 0.328 e. The maximum atomic E-state index is 11.5. The van der Waals surface area contributed by atoms with Gasteiger partial charge in [-0.15, -0.1) is 0 Å². The van der Waals surface area contributed by atoms with Crippen LogP contribution in [0.3, 0.4) is 0 Å². The zero-order valence-corrected chi connectivity index (χ0v) is 15.8. The van der Waals surface area contributed by atoms with Crippen LogP contribution < -0.4 is 21.3 Å². The van der Waals surface area contributed by atoms with Crippen molar-refractivity contribution in [2.75, 3.05) is 27.3 Å². The van der Waals surface area contributed by atoms with Crippen LogP contribution in [0.4, 0.5) is 9.59 Å². The van der Waals surface area contributed by atoms with E-state index >= 15 is 0 Å². The van der Waals surface area contributed by atoms with E-state index in [1.807, 2.05) is 0 Å². The standard InChI is InChI=1S/C16H30N4O6/c1-11(13(21)25-3)19-15(23)17-9-7-5-6-8-10-18-16(24)20-12(2)14(22)26-4/h11-12H,5-10H2,1-4H3,(H2,17,19,23)(H2,18,20,24). The number of hydrogen-bond donors (Lipinski definition) is 4. The lowest BCUT2D eigenvalue weighted by atomic mass is 10.2. The van der Waals surface area contributed by atoms with Crippen molar-refractivity contribution in [3.63, 3.8) is 0 Å². The Morgan fingerprint density at radius 2 is 1.04 bits per heavy atom. The average molecular weight is 374 g/mol. The first-order valence-corrected chi connectivity index (χ1v) is 8.56. The van der Waals surface area contributed by atoms with Gasteiger partial charge in [0.15, 0.2) is 0 Å². The van der Waals surface area contributed by atoms with E-state index in [2.05, 4.69) is 30.7 Å². The minimum atomic E-state index is -0.695. The lowest BCUT2D eigenvalue weighted by Crippen LogP contribution is -2.45. The van der Waals surface area contributed by atoms with E-state index < -0.39 is 36.1 Å². The van der Waals surface area contributed by atoms with Gasteiger partial charge in [0.1, 0.15) is 12.1 Å². The molecule has 2 unspecified atom stereocenters. The monoisotopic (exact) mass is 374 g/mol. The number of urea groups is 2. The van der Waals surface area contributed by atoms with Gasteiger partial charge in [-0.2, -0.15) is 0 Å². The molecule has 0 spiro atoms. The van der Waals surface area contributed by atoms with Gasteiger partial charge in [0, 0.05) is 13.1 Å². The van der Waals surface area contributed by atoms with Crippen LogP contribution in [-0.2, 0) is 19.1 Å². The van der Waals surface area contributed by atoms with Gasteiger partial charge in [0.2, 0.25) is 0 Å². The first-order chi connectivity index (χ1) is 12.3. The molecule has 0 aliphatic carbocycles. The van der Waals surface area contributed by atoms with Crippen molar-refractivity contribution in [1.82, 2.24) is 21.3 Å². The van der Waals surface area contributed by atoms with E-state index in [0.29, 0.717) is 13.1 Å². The first-order valence-electron chi connectivity index (χ1n) is 8.56. The molecule has 0 aromatic rings. The number of methoxy groups -OCH3 is 2. The zero-order valence-electron chi connectivity index (χ0n) is 15.8. The molecule has 0 rings (SSSR count). The van der Waals surface area contributed by atoms with Gasteiger partial charge >= 0.3 is 24.0 Å². The van der Waals surface area contributed by atoms with Gasteiger partial charge in [-0.1, -0.05) is 12.8 Å². The number of ether oxygens (including phenoxy) is 2. The van der Waals surface area contributed by atoms with Gasteiger partial charge < -0.3 is 30.7 Å². The van der Waals surface area contributed by atoms with E-state index in [-0.39, 0.29) is 0 Å². The second kappa shape index (κ2) is 13.7. The molecule has 10 nitrogen and oxygen atoms in total. The van der Waals surface area contributed by atoms with Crippen molar-refractivity contribution >= 4 is 24.0 Å². The van der Waals surface area contributed by atoms with E-state index in [1.54, 1.807) is 13.8 Å². The third-order valence-corrected chi connectivity index (χ3v) is 3.48. The second-order valence-corrected chi connectivity index (χ2v) is 5.70. The molecule has 0 saturated carbocycles. The molecule has 4 N–H and O–H groups in total. The highest BCUT2D eigenvalue weighted by atomic mass is 16.5. The lowest BCUT2D eigenvalue weighted by molar-refractivity contribution is -0.143. The van der Waals surface area contributed by atoms with Crippen molar-refractivity contribution in [1.29, 1.82) is 0 Å². The Morgan fingerprint density at radius 3 is 1.35 bits per heavy atom. The van der Waals surface area contributed by atoms with Gasteiger partial charge in [-0.3, -0.25) is 0 Å². The molecule has 0 aromatic heterocycles. The van der Waals surface area contributed by atoms with E-state index in [9.17, 15) is 19.2 Å². The Kier molecular flexibility index (Phi) is 12.4. The third-order valence-electron chi connectivity index (χ3n) is 3.48. The van der Waals surface area contributed by atoms with Gasteiger partial charge in [-0.25, -0.2) is 19.2 Å². The number of nitrogens with one attached hydrogen (secondary N) is 4. The van der Waals surface area contributed by atoms with Gasteiger partial charge in [0.25, 0.3) is 0 Å². The van der Waals surface area contributed by atoms with E-state index in [0.717, 1.165) is 25.7 Å². The Bertz CT molecular complexity index is 430. The molecule has 150 valence electrons. The quantitative estimate of drug-likeness (QED) is 0.303. The molecule has 10 heteroatoms. The molecule has 2 atom stereocenters. The minimum Gasteiger partial charge on any atom is -0.467 e. The molecule has 0 bridgehead atoms. The fourth-order valence-electron chi connectivity index (χ4n) is 1.97. The van der Waals surface area contributed by atoms with Crippen LogP contribution in [0, 0.1) is 0 Å². The van der Waals surface area contributed by atoms with E-state index in [4.69, 9.17) is 0 Å². The summed E-state index contributed by atoms with van der Waals surface area (Å²) < 4.78 is 9.02. The highest BCUT2D eigenvalue weighted by Crippen LogP contribution is 1.98. The van der Waals surface area contributed by atoms with Crippen molar-refractivity contribution in [3.8, 4) is 0 Å². The summed E-state index contributed by atoms with van der Waals surface area (Å²) in [4.78, 5) is 45.4. The van der Waals surface area contributed by atoms with Gasteiger partial charge in [-0.05, 0) is 26.7 Å². The Morgan fingerprint density at radius 1 is 0.692 bits per heavy atom. The topological polar surface area (TPSA) is 135 Å². The number of hydrogen-bond acceptors (Lipinski definition) is 6. The number of carbonyl (C=O) groups is 4. The predicted octanol–water partition coefficient (Wildman–Crippen LogP) is 0.268. The number of amides is 4. The van der Waals surface area contributed by atoms with Crippen molar-refractivity contribution in [2.24, 2.45) is 0 Å². The highest BCUT2D eigenvalue weighted by Gasteiger charge is 2.15. The molecule has 0 heterocycles. The number of unbranched alkanes of at least 4 members (excludes halogenated alkanes) is 3. The van der Waals surface area contributed by atoms with Crippen LogP contribution in [-0.4, -0.2) is 63.4 Å². The third kappa shape index (κ3) is 11.1. The maximum absolute atomic E-state index is 11.5. The molecular formula is C16H30N4O6. The van der Waals surface area contributed by atoms with Crippen molar-refractivity contribution in [3.05, 3.63) is 0 Å². The second-order valence-electron chi connectivity index (χ2n) is 5.70. The zero-order chi connectivity index (χ0) is 19.9. The normalized spacial score (nSPS) is 12.3. The molecule has 0 aliphatic heterocycles. The first kappa shape index (κ1) is 23.5. The molecule has 0 saturated heterocycles. The summed E-state index contributed by atoms with van der Waals surface area (Å²) in [7, 11) is 2.52. The molecule has 0 aromatic carbocycles. The summed E-state index contributed by atoms with van der Waals surface area (Å²) in [5.74, 6) is -1.00. The molecule has 4 amide bonds. The Hall–Kier alpha value is -2.52. The molecule has 26 heavy (non-hydrogen) atoms. The summed E-state index contributed by atoms with van der Waals surface area (Å²) >= 11 is 0. The number of rotatable bonds is 11. The summed E-state index contributed by atoms with van der Waals surface area (Å²) in [5, 5.41) is 10.3. The summed E-state index contributed by atoms with van der Waals surface area (Å²) in [5.41, 5.74) is 0. The number of carbonyl (C=O) groups excluding carboxylic acids is 4. The summed E-state index contributed by atoms with van der Waals surface area (Å²) in [6.45, 7) is 4.07. The van der Waals surface area contributed by atoms with Crippen molar-refractivity contribution in [2.45, 2.75) is 51.6 Å². The smallest absolute Gasteiger partial charge is 0.328 e. The molecule has 0 aliphatic rings. The minimum absolute atomic E-state index is 0.416. The van der Waals surface area contributed by atoms with Crippen molar-refractivity contribution < 1.29 is 28.7 Å². The largest absolute Gasteiger partial charge is 0.467 e. The fraction of sp³-hybridized carbons (Fsp3) is 0.750. The van der Waals surface area contributed by atoms with E-state index in [1.165, 1.54) is 14.2 Å². The van der Waals surface area contributed by atoms with Crippen LogP contribution >= 0.6 is 0 Å². The summed E-state index contributed by atoms with van der Waals surface area (Å²) in [6.07, 6.45) is 3.33. The predicted molar refractivity (Wildman–Crippen MR) is 94.5 cm³/mol. The average Bonchev–Trinajstić information content (AvgIpc) is 2.61. The summed E-state index contributed by atoms with van der Waals surface area (Å²) in [6, 6.07) is -2.22. The lowest BCUT2D eigenvalue weighted by Gasteiger charge is -2.13. The molecular weight excluding hydrogens is 344 g/mol.